The van der Waals surface area contributed by atoms with Crippen molar-refractivity contribution in [2.24, 2.45) is 0 Å². The molecule has 1 aromatic carbocycles. The van der Waals surface area contributed by atoms with Crippen LogP contribution in [0.25, 0.3) is 33.3 Å². The number of nitrogens with zero attached hydrogens (tertiary/aromatic N) is 3. The number of fused-ring (bicyclic) bond motifs is 2. The fourth-order valence-electron chi connectivity index (χ4n) is 4.16. The van der Waals surface area contributed by atoms with E-state index in [4.69, 9.17) is 10.1 Å². The first kappa shape index (κ1) is 15.4. The van der Waals surface area contributed by atoms with Gasteiger partial charge in [0, 0.05) is 22.7 Å². The van der Waals surface area contributed by atoms with Crippen molar-refractivity contribution in [2.75, 3.05) is 0 Å². The molecule has 0 spiro atoms. The van der Waals surface area contributed by atoms with E-state index in [-0.39, 0.29) is 5.56 Å². The van der Waals surface area contributed by atoms with Crippen molar-refractivity contribution in [2.45, 2.75) is 45.1 Å². The predicted molar refractivity (Wildman–Crippen MR) is 102 cm³/mol. The first-order valence-corrected chi connectivity index (χ1v) is 9.34. The molecule has 6 heteroatoms. The average molecular weight is 347 g/mol. The molecule has 1 aliphatic carbocycles. The van der Waals surface area contributed by atoms with Crippen LogP contribution in [0.4, 0.5) is 0 Å². The fourth-order valence-corrected chi connectivity index (χ4v) is 4.16. The minimum Gasteiger partial charge on any atom is -0.360 e. The number of rotatable bonds is 3. The molecule has 1 saturated carbocycles. The maximum Gasteiger partial charge on any atom is 0.262 e. The molecule has 0 amide bonds. The van der Waals surface area contributed by atoms with E-state index in [0.717, 1.165) is 47.1 Å². The lowest BCUT2D eigenvalue weighted by Gasteiger charge is -2.10. The summed E-state index contributed by atoms with van der Waals surface area (Å²) >= 11 is 0. The van der Waals surface area contributed by atoms with E-state index in [0.29, 0.717) is 17.3 Å². The summed E-state index contributed by atoms with van der Waals surface area (Å²) in [6.45, 7) is 2.04. The SMILES string of the molecule is CCc1nn(C2CCCC2)c2nc(-c3c[nH]c4ccccc34)[nH]c(=O)c12. The van der Waals surface area contributed by atoms with Gasteiger partial charge >= 0.3 is 0 Å². The molecule has 1 aliphatic rings. The lowest BCUT2D eigenvalue weighted by Crippen LogP contribution is -2.12. The van der Waals surface area contributed by atoms with E-state index >= 15 is 0 Å². The molecule has 26 heavy (non-hydrogen) atoms. The van der Waals surface area contributed by atoms with Gasteiger partial charge in [-0.1, -0.05) is 38.0 Å². The number of nitrogens with one attached hydrogen (secondary N) is 2. The van der Waals surface area contributed by atoms with Gasteiger partial charge in [0.15, 0.2) is 5.65 Å². The molecule has 0 saturated heterocycles. The minimum absolute atomic E-state index is 0.101. The molecular weight excluding hydrogens is 326 g/mol. The normalized spacial score (nSPS) is 15.4. The highest BCUT2D eigenvalue weighted by atomic mass is 16.1. The molecule has 0 aliphatic heterocycles. The molecule has 1 fully saturated rings. The highest BCUT2D eigenvalue weighted by Crippen LogP contribution is 2.32. The van der Waals surface area contributed by atoms with Gasteiger partial charge in [0.05, 0.1) is 11.7 Å². The molecule has 6 nitrogen and oxygen atoms in total. The molecule has 3 aromatic heterocycles. The lowest BCUT2D eigenvalue weighted by molar-refractivity contribution is 0.474. The van der Waals surface area contributed by atoms with Gasteiger partial charge in [-0.3, -0.25) is 4.79 Å². The molecule has 0 radical (unpaired) electrons. The third-order valence-electron chi connectivity index (χ3n) is 5.48. The Kier molecular flexibility index (Phi) is 3.45. The Labute approximate surface area is 150 Å². The molecule has 4 aromatic rings. The number of benzene rings is 1. The second kappa shape index (κ2) is 5.83. The summed E-state index contributed by atoms with van der Waals surface area (Å²) in [5.41, 5.74) is 3.40. The number of aryl methyl sites for hydroxylation is 1. The highest BCUT2D eigenvalue weighted by molar-refractivity contribution is 5.94. The van der Waals surface area contributed by atoms with Crippen molar-refractivity contribution in [1.29, 1.82) is 0 Å². The van der Waals surface area contributed by atoms with Crippen molar-refractivity contribution < 1.29 is 0 Å². The molecule has 5 rings (SSSR count). The lowest BCUT2D eigenvalue weighted by atomic mass is 10.1. The van der Waals surface area contributed by atoms with E-state index in [1.165, 1.54) is 12.8 Å². The zero-order valence-corrected chi connectivity index (χ0v) is 14.7. The van der Waals surface area contributed by atoms with Crippen molar-refractivity contribution in [3.8, 4) is 11.4 Å². The van der Waals surface area contributed by atoms with Crippen molar-refractivity contribution in [1.82, 2.24) is 24.7 Å². The van der Waals surface area contributed by atoms with Gasteiger partial charge in [0.25, 0.3) is 5.56 Å². The van der Waals surface area contributed by atoms with Gasteiger partial charge < -0.3 is 9.97 Å². The van der Waals surface area contributed by atoms with E-state index < -0.39 is 0 Å². The Bertz CT molecular complexity index is 1160. The van der Waals surface area contributed by atoms with Crippen LogP contribution in [0.1, 0.15) is 44.3 Å². The monoisotopic (exact) mass is 347 g/mol. The van der Waals surface area contributed by atoms with E-state index in [2.05, 4.69) is 9.97 Å². The van der Waals surface area contributed by atoms with Gasteiger partial charge in [0.2, 0.25) is 0 Å². The number of para-hydroxylation sites is 1. The van der Waals surface area contributed by atoms with Crippen LogP contribution in [0.15, 0.2) is 35.3 Å². The van der Waals surface area contributed by atoms with E-state index in [1.54, 1.807) is 0 Å². The summed E-state index contributed by atoms with van der Waals surface area (Å²) in [5.74, 6) is 0.599. The van der Waals surface area contributed by atoms with Gasteiger partial charge in [-0.05, 0) is 25.3 Å². The number of hydrogen-bond acceptors (Lipinski definition) is 3. The maximum absolute atomic E-state index is 12.9. The molecule has 132 valence electrons. The van der Waals surface area contributed by atoms with Crippen LogP contribution in [0, 0.1) is 0 Å². The largest absolute Gasteiger partial charge is 0.360 e. The van der Waals surface area contributed by atoms with Crippen LogP contribution >= 0.6 is 0 Å². The number of aromatic nitrogens is 5. The van der Waals surface area contributed by atoms with Crippen LogP contribution in [0.5, 0.6) is 0 Å². The summed E-state index contributed by atoms with van der Waals surface area (Å²) < 4.78 is 2.01. The number of aromatic amines is 2. The van der Waals surface area contributed by atoms with E-state index in [1.807, 2.05) is 42.1 Å². The first-order valence-electron chi connectivity index (χ1n) is 9.34. The van der Waals surface area contributed by atoms with E-state index in [9.17, 15) is 4.79 Å². The third kappa shape index (κ3) is 2.21. The smallest absolute Gasteiger partial charge is 0.262 e. The first-order chi connectivity index (χ1) is 12.8. The summed E-state index contributed by atoms with van der Waals surface area (Å²) in [5, 5.41) is 6.46. The van der Waals surface area contributed by atoms with Crippen LogP contribution in [-0.2, 0) is 6.42 Å². The summed E-state index contributed by atoms with van der Waals surface area (Å²) in [4.78, 5) is 24.0. The Morgan fingerprint density at radius 2 is 2.04 bits per heavy atom. The number of hydrogen-bond donors (Lipinski definition) is 2. The maximum atomic E-state index is 12.9. The van der Waals surface area contributed by atoms with Crippen LogP contribution in [0.3, 0.4) is 0 Å². The summed E-state index contributed by atoms with van der Waals surface area (Å²) in [7, 11) is 0. The van der Waals surface area contributed by atoms with Crippen LogP contribution in [0.2, 0.25) is 0 Å². The average Bonchev–Trinajstić information content (AvgIpc) is 3.39. The standard InChI is InChI=1S/C20H21N5O/c1-2-15-17-19(25(24-15)12-7-3-4-8-12)22-18(23-20(17)26)14-11-21-16-10-6-5-9-13(14)16/h5-6,9-12,21H,2-4,7-8H2,1H3,(H,22,23,26). The fraction of sp³-hybridized carbons (Fsp3) is 0.350. The number of H-pyrrole nitrogens is 2. The quantitative estimate of drug-likeness (QED) is 0.589. The second-order valence-corrected chi connectivity index (χ2v) is 7.04. The topological polar surface area (TPSA) is 79.4 Å². The Morgan fingerprint density at radius 3 is 2.85 bits per heavy atom. The molecule has 0 atom stereocenters. The van der Waals surface area contributed by atoms with Crippen molar-refractivity contribution in [3.63, 3.8) is 0 Å². The van der Waals surface area contributed by atoms with Crippen molar-refractivity contribution >= 4 is 21.9 Å². The molecule has 0 unspecified atom stereocenters. The van der Waals surface area contributed by atoms with Crippen LogP contribution in [-0.4, -0.2) is 24.7 Å². The third-order valence-corrected chi connectivity index (χ3v) is 5.48. The Morgan fingerprint density at radius 1 is 1.23 bits per heavy atom. The Balaban J connectivity index is 1.77. The summed E-state index contributed by atoms with van der Waals surface area (Å²) in [6.07, 6.45) is 7.28. The van der Waals surface area contributed by atoms with Gasteiger partial charge in [0.1, 0.15) is 11.2 Å². The Hall–Kier alpha value is -2.89. The zero-order chi connectivity index (χ0) is 17.7. The summed E-state index contributed by atoms with van der Waals surface area (Å²) in [6, 6.07) is 8.40. The molecule has 2 N–H and O–H groups in total. The van der Waals surface area contributed by atoms with Crippen LogP contribution < -0.4 is 5.56 Å². The predicted octanol–water partition coefficient (Wildman–Crippen LogP) is 3.95. The highest BCUT2D eigenvalue weighted by Gasteiger charge is 2.24. The molecule has 3 heterocycles. The second-order valence-electron chi connectivity index (χ2n) is 7.04. The van der Waals surface area contributed by atoms with Gasteiger partial charge in [-0.25, -0.2) is 9.67 Å². The van der Waals surface area contributed by atoms with Gasteiger partial charge in [-0.2, -0.15) is 5.10 Å². The zero-order valence-electron chi connectivity index (χ0n) is 14.7. The molecule has 0 bridgehead atoms. The minimum atomic E-state index is -0.101. The molecular formula is C20H21N5O. The van der Waals surface area contributed by atoms with Gasteiger partial charge in [-0.15, -0.1) is 0 Å². The van der Waals surface area contributed by atoms with Crippen molar-refractivity contribution in [3.05, 3.63) is 46.5 Å².